The summed E-state index contributed by atoms with van der Waals surface area (Å²) in [7, 11) is 0. The van der Waals surface area contributed by atoms with Gasteiger partial charge >= 0.3 is 35.8 Å². The van der Waals surface area contributed by atoms with E-state index in [-0.39, 0.29) is 12.5 Å². The van der Waals surface area contributed by atoms with Gasteiger partial charge in [0.2, 0.25) is 0 Å². The van der Waals surface area contributed by atoms with Crippen LogP contribution in [0.4, 0.5) is 0 Å². The zero-order chi connectivity index (χ0) is 39.8. The Bertz CT molecular complexity index is 1480. The smallest absolute Gasteiger partial charge is 0.306 e. The van der Waals surface area contributed by atoms with Crippen molar-refractivity contribution >= 4 is 41.6 Å². The Kier molecular flexibility index (Phi) is 12.4. The number of ether oxygens (including phenoxy) is 7. The maximum absolute atomic E-state index is 14.7. The van der Waals surface area contributed by atoms with E-state index in [1.807, 2.05) is 0 Å². The minimum Gasteiger partial charge on any atom is -0.458 e. The van der Waals surface area contributed by atoms with Crippen LogP contribution in [-0.2, 0) is 66.7 Å². The van der Waals surface area contributed by atoms with E-state index in [2.05, 4.69) is 0 Å². The first-order valence-corrected chi connectivity index (χ1v) is 17.1. The lowest BCUT2D eigenvalue weighted by Crippen LogP contribution is -2.72. The van der Waals surface area contributed by atoms with Crippen molar-refractivity contribution < 1.29 is 76.9 Å². The molecule has 0 unspecified atom stereocenters. The van der Waals surface area contributed by atoms with Crippen molar-refractivity contribution in [2.75, 3.05) is 6.61 Å². The van der Waals surface area contributed by atoms with Crippen molar-refractivity contribution in [2.45, 2.75) is 148 Å². The highest BCUT2D eigenvalue weighted by Gasteiger charge is 2.75. The van der Waals surface area contributed by atoms with Crippen LogP contribution in [0, 0.1) is 17.3 Å². The number of hydrogen-bond acceptors (Lipinski definition) is 16. The molecule has 2 fully saturated rings. The summed E-state index contributed by atoms with van der Waals surface area (Å²) in [6, 6.07) is 0. The van der Waals surface area contributed by atoms with E-state index in [0.29, 0.717) is 0 Å². The van der Waals surface area contributed by atoms with Gasteiger partial charge in [-0.3, -0.25) is 33.6 Å². The molecule has 292 valence electrons. The van der Waals surface area contributed by atoms with Crippen LogP contribution in [0.5, 0.6) is 0 Å². The Morgan fingerprint density at radius 2 is 1.33 bits per heavy atom. The Labute approximate surface area is 302 Å². The molecule has 1 saturated heterocycles. The highest BCUT2D eigenvalue weighted by atomic mass is 16.6. The number of rotatable bonds is 8. The summed E-state index contributed by atoms with van der Waals surface area (Å²) < 4.78 is 41.7. The molecular formula is C36H52O16. The largest absolute Gasteiger partial charge is 0.458 e. The summed E-state index contributed by atoms with van der Waals surface area (Å²) in [6.07, 6.45) is -7.92. The van der Waals surface area contributed by atoms with E-state index in [4.69, 9.17) is 33.2 Å². The Hall–Kier alpha value is -3.89. The van der Waals surface area contributed by atoms with Gasteiger partial charge in [0.05, 0.1) is 5.92 Å². The fourth-order valence-electron chi connectivity index (χ4n) is 7.77. The molecule has 0 radical (unpaired) electrons. The quantitative estimate of drug-likeness (QED) is 0.206. The second kappa shape index (κ2) is 15.2. The molecule has 0 spiro atoms. The molecule has 2 N–H and O–H groups in total. The van der Waals surface area contributed by atoms with E-state index < -0.39 is 125 Å². The predicted octanol–water partition coefficient (Wildman–Crippen LogP) is 1.82. The topological polar surface area (TPSA) is 225 Å². The summed E-state index contributed by atoms with van der Waals surface area (Å²) in [5.74, 6) is -8.88. The molecule has 2 aliphatic carbocycles. The molecule has 0 amide bonds. The average Bonchev–Trinajstić information content (AvgIpc) is 3.18. The van der Waals surface area contributed by atoms with Gasteiger partial charge in [-0.05, 0) is 25.8 Å². The van der Waals surface area contributed by atoms with Crippen molar-refractivity contribution in [1.82, 2.24) is 0 Å². The van der Waals surface area contributed by atoms with Gasteiger partial charge in [0.25, 0.3) is 0 Å². The van der Waals surface area contributed by atoms with E-state index >= 15 is 0 Å². The van der Waals surface area contributed by atoms with Crippen LogP contribution in [0.15, 0.2) is 12.2 Å². The van der Waals surface area contributed by atoms with Gasteiger partial charge in [-0.15, -0.1) is 0 Å². The average molecular weight is 741 g/mol. The third-order valence-electron chi connectivity index (χ3n) is 9.60. The minimum absolute atomic E-state index is 0.101. The standard InChI is InChI=1S/C36H52O16/c1-18(2)16-46-30-26(47-19(3)37)29(49-21(5)39)32(8,9)14-15-33(10,44)31(43)35(45)17-34(11,51-22(6)40)27(48-20(4)38)25(35)28-36(30,52-23(7)41)13-12-24(42)50-28/h14-15,18,25-30,44-45H,12-13,16-17H2,1-11H3/b15-14+/t25-,26+,27-,28-,29-,30-,33-,34-,35-,36+/m1/s1. The molecule has 3 rings (SSSR count). The van der Waals surface area contributed by atoms with Crippen LogP contribution in [0.3, 0.4) is 0 Å². The zero-order valence-corrected chi connectivity index (χ0v) is 31.6. The van der Waals surface area contributed by atoms with Crippen molar-refractivity contribution in [3.63, 3.8) is 0 Å². The fourth-order valence-corrected chi connectivity index (χ4v) is 7.77. The lowest BCUT2D eigenvalue weighted by atomic mass is 9.66. The predicted molar refractivity (Wildman–Crippen MR) is 177 cm³/mol. The molecule has 1 saturated carbocycles. The molecule has 16 heteroatoms. The number of ketones is 1. The van der Waals surface area contributed by atoms with Crippen LogP contribution in [0.2, 0.25) is 0 Å². The van der Waals surface area contributed by atoms with E-state index in [9.17, 15) is 43.8 Å². The van der Waals surface area contributed by atoms with E-state index in [1.165, 1.54) is 13.0 Å². The van der Waals surface area contributed by atoms with Gasteiger partial charge in [0.1, 0.15) is 29.0 Å². The molecule has 52 heavy (non-hydrogen) atoms. The molecule has 1 aliphatic heterocycles. The Morgan fingerprint density at radius 3 is 1.83 bits per heavy atom. The van der Waals surface area contributed by atoms with Crippen molar-refractivity contribution in [1.29, 1.82) is 0 Å². The van der Waals surface area contributed by atoms with Gasteiger partial charge in [-0.2, -0.15) is 0 Å². The first-order chi connectivity index (χ1) is 23.7. The maximum Gasteiger partial charge on any atom is 0.306 e. The van der Waals surface area contributed by atoms with Crippen molar-refractivity contribution in [3.05, 3.63) is 12.2 Å². The maximum atomic E-state index is 14.7. The Balaban J connectivity index is 2.67. The molecule has 1 heterocycles. The number of aliphatic hydroxyl groups is 2. The number of carbonyl (C=O) groups is 7. The number of hydrogen-bond donors (Lipinski definition) is 2. The molecule has 3 aliphatic rings. The van der Waals surface area contributed by atoms with Crippen LogP contribution in [0.25, 0.3) is 0 Å². The van der Waals surface area contributed by atoms with Gasteiger partial charge in [0, 0.05) is 65.9 Å². The van der Waals surface area contributed by atoms with E-state index in [1.54, 1.807) is 27.7 Å². The summed E-state index contributed by atoms with van der Waals surface area (Å²) in [6.45, 7) is 14.2. The summed E-state index contributed by atoms with van der Waals surface area (Å²) in [5.41, 5.74) is -11.2. The molecule has 16 nitrogen and oxygen atoms in total. The minimum atomic E-state index is -2.86. The summed E-state index contributed by atoms with van der Waals surface area (Å²) >= 11 is 0. The van der Waals surface area contributed by atoms with E-state index in [0.717, 1.165) is 47.6 Å². The molecule has 0 bridgehead atoms. The monoisotopic (exact) mass is 740 g/mol. The van der Waals surface area contributed by atoms with Gasteiger partial charge in [0.15, 0.2) is 29.7 Å². The zero-order valence-electron chi connectivity index (χ0n) is 31.6. The van der Waals surface area contributed by atoms with Crippen molar-refractivity contribution in [3.8, 4) is 0 Å². The van der Waals surface area contributed by atoms with Crippen molar-refractivity contribution in [2.24, 2.45) is 17.3 Å². The molecule has 0 aromatic carbocycles. The number of Topliss-reactive ketones (excluding diaryl/α,β-unsaturated/α-hetero) is 1. The van der Waals surface area contributed by atoms with Gasteiger partial charge < -0.3 is 43.4 Å². The number of fused-ring (bicyclic) bond motifs is 3. The highest BCUT2D eigenvalue weighted by molar-refractivity contribution is 5.97. The van der Waals surface area contributed by atoms with Crippen LogP contribution in [0.1, 0.15) is 95.4 Å². The summed E-state index contributed by atoms with van der Waals surface area (Å²) in [4.78, 5) is 92.2. The van der Waals surface area contributed by atoms with Gasteiger partial charge in [-0.1, -0.05) is 33.8 Å². The molecular weight excluding hydrogens is 688 g/mol. The SMILES string of the molecule is CC(=O)O[C@H]1[C@@H](OC(C)=O)C(C)(C)/C=C/[C@@](C)(O)C(=O)[C@@]2(O)C[C@@](C)(OC(C)=O)[C@H](OC(C)=O)[C@@H]2[C@H]2OC(=O)CC[C@@]2(OC(C)=O)[C@@H]1OCC(C)C. The van der Waals surface area contributed by atoms with Gasteiger partial charge in [-0.25, -0.2) is 0 Å². The Morgan fingerprint density at radius 1 is 0.788 bits per heavy atom. The van der Waals surface area contributed by atoms with Crippen LogP contribution < -0.4 is 0 Å². The second-order valence-electron chi connectivity index (χ2n) is 15.4. The lowest BCUT2D eigenvalue weighted by Gasteiger charge is -2.54. The first-order valence-electron chi connectivity index (χ1n) is 17.1. The van der Waals surface area contributed by atoms with Crippen LogP contribution >= 0.6 is 0 Å². The molecule has 10 atom stereocenters. The third-order valence-corrected chi connectivity index (χ3v) is 9.60. The number of esters is 6. The first kappa shape index (κ1) is 42.5. The highest BCUT2D eigenvalue weighted by Crippen LogP contribution is 2.56. The number of carbonyl (C=O) groups excluding carboxylic acids is 7. The molecule has 0 aromatic heterocycles. The normalized spacial score (nSPS) is 37.9. The fraction of sp³-hybridized carbons (Fsp3) is 0.750. The van der Waals surface area contributed by atoms with Crippen LogP contribution in [-0.4, -0.2) is 111 Å². The lowest BCUT2D eigenvalue weighted by molar-refractivity contribution is -0.276. The second-order valence-corrected chi connectivity index (χ2v) is 15.4. The summed E-state index contributed by atoms with van der Waals surface area (Å²) in [5, 5.41) is 24.6. The molecule has 0 aromatic rings. The third kappa shape index (κ3) is 8.66.